The van der Waals surface area contributed by atoms with E-state index < -0.39 is 0 Å². The predicted octanol–water partition coefficient (Wildman–Crippen LogP) is 4.29. The molecule has 4 heteroatoms. The van der Waals surface area contributed by atoms with E-state index in [4.69, 9.17) is 0 Å². The average Bonchev–Trinajstić information content (AvgIpc) is 3.60. The summed E-state index contributed by atoms with van der Waals surface area (Å²) in [6.45, 7) is 9.65. The highest BCUT2D eigenvalue weighted by atomic mass is 16.2. The monoisotopic (exact) mass is 431 g/mol. The fourth-order valence-electron chi connectivity index (χ4n) is 5.80. The van der Waals surface area contributed by atoms with Gasteiger partial charge in [0.05, 0.1) is 6.04 Å². The molecule has 4 nitrogen and oxygen atoms in total. The van der Waals surface area contributed by atoms with Crippen molar-refractivity contribution in [1.29, 1.82) is 0 Å². The lowest BCUT2D eigenvalue weighted by molar-refractivity contribution is -0.134. The summed E-state index contributed by atoms with van der Waals surface area (Å²) in [7, 11) is 0. The van der Waals surface area contributed by atoms with Crippen LogP contribution in [0, 0.1) is 17.8 Å². The fraction of sp³-hybridized carbons (Fsp3) is 0.536. The van der Waals surface area contributed by atoms with E-state index in [0.717, 1.165) is 52.2 Å². The molecule has 3 fully saturated rings. The van der Waals surface area contributed by atoms with Crippen LogP contribution in [0.2, 0.25) is 0 Å². The number of carbonyl (C=O) groups is 1. The minimum absolute atomic E-state index is 0.291. The molecule has 1 saturated carbocycles. The third-order valence-electron chi connectivity index (χ3n) is 7.70. The van der Waals surface area contributed by atoms with Gasteiger partial charge < -0.3 is 9.80 Å². The highest BCUT2D eigenvalue weighted by molar-refractivity contribution is 5.81. The molecule has 0 radical (unpaired) electrons. The molecule has 3 atom stereocenters. The minimum atomic E-state index is 0.291. The second-order valence-corrected chi connectivity index (χ2v) is 10.2. The third kappa shape index (κ3) is 4.92. The molecule has 170 valence electrons. The van der Waals surface area contributed by atoms with Crippen LogP contribution in [-0.2, 0) is 4.79 Å². The lowest BCUT2D eigenvalue weighted by Gasteiger charge is -2.40. The Morgan fingerprint density at radius 3 is 2.12 bits per heavy atom. The van der Waals surface area contributed by atoms with E-state index in [1.165, 1.54) is 24.0 Å². The minimum Gasteiger partial charge on any atom is -0.342 e. The summed E-state index contributed by atoms with van der Waals surface area (Å²) >= 11 is 0. The first kappa shape index (κ1) is 21.7. The van der Waals surface area contributed by atoms with Crippen LogP contribution in [0.3, 0.4) is 0 Å². The number of benzene rings is 2. The molecule has 32 heavy (non-hydrogen) atoms. The molecule has 3 unspecified atom stereocenters. The summed E-state index contributed by atoms with van der Waals surface area (Å²) in [6.07, 6.45) is 3.55. The van der Waals surface area contributed by atoms with Gasteiger partial charge in [0.2, 0.25) is 5.91 Å². The zero-order valence-corrected chi connectivity index (χ0v) is 19.4. The number of likely N-dealkylation sites (tertiary alicyclic amines) is 1. The van der Waals surface area contributed by atoms with Gasteiger partial charge >= 0.3 is 0 Å². The Hall–Kier alpha value is -2.17. The molecule has 2 aliphatic heterocycles. The molecule has 0 spiro atoms. The van der Waals surface area contributed by atoms with Crippen molar-refractivity contribution in [3.05, 3.63) is 71.8 Å². The maximum atomic E-state index is 12.9. The van der Waals surface area contributed by atoms with Crippen molar-refractivity contribution in [2.24, 2.45) is 17.8 Å². The highest BCUT2D eigenvalue weighted by Gasteiger charge is 2.46. The van der Waals surface area contributed by atoms with E-state index >= 15 is 0 Å². The van der Waals surface area contributed by atoms with Crippen molar-refractivity contribution >= 4 is 5.91 Å². The predicted molar refractivity (Wildman–Crippen MR) is 129 cm³/mol. The van der Waals surface area contributed by atoms with E-state index in [9.17, 15) is 4.79 Å². The van der Waals surface area contributed by atoms with Crippen molar-refractivity contribution in [3.63, 3.8) is 0 Å². The van der Waals surface area contributed by atoms with Gasteiger partial charge in [0.1, 0.15) is 0 Å². The van der Waals surface area contributed by atoms with Crippen molar-refractivity contribution in [2.75, 3.05) is 45.8 Å². The molecule has 2 heterocycles. The Morgan fingerprint density at radius 2 is 1.53 bits per heavy atom. The van der Waals surface area contributed by atoms with Gasteiger partial charge in [-0.25, -0.2) is 0 Å². The van der Waals surface area contributed by atoms with Crippen LogP contribution in [-0.4, -0.2) is 66.4 Å². The number of piperazine rings is 1. The summed E-state index contributed by atoms with van der Waals surface area (Å²) in [6, 6.07) is 22.1. The molecule has 1 aliphatic carbocycles. The van der Waals surface area contributed by atoms with E-state index in [1.807, 2.05) is 0 Å². The largest absolute Gasteiger partial charge is 0.342 e. The first-order chi connectivity index (χ1) is 15.7. The van der Waals surface area contributed by atoms with Crippen LogP contribution < -0.4 is 0 Å². The maximum Gasteiger partial charge on any atom is 0.226 e. The number of nitrogens with zero attached hydrogens (tertiary/aromatic N) is 3. The SMILES string of the molecule is CC1CCCN(C(=O)C2CC2CN2CCN(C(c3ccccc3)c3ccccc3)CC2)C1. The Labute approximate surface area is 193 Å². The summed E-state index contributed by atoms with van der Waals surface area (Å²) in [4.78, 5) is 20.3. The lowest BCUT2D eigenvalue weighted by Crippen LogP contribution is -2.48. The Morgan fingerprint density at radius 1 is 0.906 bits per heavy atom. The van der Waals surface area contributed by atoms with E-state index in [2.05, 4.69) is 82.3 Å². The molecule has 0 aromatic heterocycles. The molecule has 5 rings (SSSR count). The number of carbonyl (C=O) groups excluding carboxylic acids is 1. The van der Waals surface area contributed by atoms with Crippen LogP contribution in [0.15, 0.2) is 60.7 Å². The molecule has 2 saturated heterocycles. The summed E-state index contributed by atoms with van der Waals surface area (Å²) in [5.74, 6) is 1.97. The first-order valence-corrected chi connectivity index (χ1v) is 12.5. The molecule has 0 bridgehead atoms. The Bertz CT molecular complexity index is 839. The second kappa shape index (κ2) is 9.76. The van der Waals surface area contributed by atoms with E-state index in [0.29, 0.717) is 29.7 Å². The molecule has 1 amide bonds. The van der Waals surface area contributed by atoms with Crippen LogP contribution in [0.25, 0.3) is 0 Å². The number of amides is 1. The van der Waals surface area contributed by atoms with Crippen molar-refractivity contribution in [3.8, 4) is 0 Å². The first-order valence-electron chi connectivity index (χ1n) is 12.5. The molecular weight excluding hydrogens is 394 g/mol. The van der Waals surface area contributed by atoms with Crippen LogP contribution >= 0.6 is 0 Å². The molecular formula is C28H37N3O. The Balaban J connectivity index is 1.16. The number of hydrogen-bond donors (Lipinski definition) is 0. The quantitative estimate of drug-likeness (QED) is 0.683. The van der Waals surface area contributed by atoms with Gasteiger partial charge in [0.15, 0.2) is 0 Å². The fourth-order valence-corrected chi connectivity index (χ4v) is 5.80. The van der Waals surface area contributed by atoms with Crippen LogP contribution in [0.5, 0.6) is 0 Å². The zero-order valence-electron chi connectivity index (χ0n) is 19.4. The molecule has 2 aromatic rings. The normalized spacial score (nSPS) is 26.9. The van der Waals surface area contributed by atoms with Gasteiger partial charge in [-0.2, -0.15) is 0 Å². The van der Waals surface area contributed by atoms with Gasteiger partial charge in [-0.3, -0.25) is 9.69 Å². The van der Waals surface area contributed by atoms with E-state index in [-0.39, 0.29) is 0 Å². The van der Waals surface area contributed by atoms with Gasteiger partial charge in [0.25, 0.3) is 0 Å². The van der Waals surface area contributed by atoms with Gasteiger partial charge in [-0.05, 0) is 42.2 Å². The van der Waals surface area contributed by atoms with E-state index in [1.54, 1.807) is 0 Å². The summed E-state index contributed by atoms with van der Waals surface area (Å²) in [5, 5.41) is 0. The van der Waals surface area contributed by atoms with Crippen molar-refractivity contribution in [1.82, 2.24) is 14.7 Å². The molecule has 2 aromatic carbocycles. The van der Waals surface area contributed by atoms with Gasteiger partial charge in [-0.15, -0.1) is 0 Å². The smallest absolute Gasteiger partial charge is 0.226 e. The Kier molecular flexibility index (Phi) is 6.61. The van der Waals surface area contributed by atoms with Crippen LogP contribution in [0.4, 0.5) is 0 Å². The molecule has 3 aliphatic rings. The van der Waals surface area contributed by atoms with Crippen molar-refractivity contribution < 1.29 is 4.79 Å². The summed E-state index contributed by atoms with van der Waals surface area (Å²) < 4.78 is 0. The van der Waals surface area contributed by atoms with Crippen molar-refractivity contribution in [2.45, 2.75) is 32.2 Å². The topological polar surface area (TPSA) is 26.8 Å². The number of rotatable bonds is 6. The average molecular weight is 432 g/mol. The maximum absolute atomic E-state index is 12.9. The number of hydrogen-bond acceptors (Lipinski definition) is 3. The molecule has 0 N–H and O–H groups in total. The number of piperidine rings is 1. The lowest BCUT2D eigenvalue weighted by atomic mass is 9.96. The highest BCUT2D eigenvalue weighted by Crippen LogP contribution is 2.41. The van der Waals surface area contributed by atoms with Gasteiger partial charge in [0, 0.05) is 51.7 Å². The standard InChI is InChI=1S/C28H37N3O/c1-22-9-8-14-31(20-22)28(32)26-19-25(26)21-29-15-17-30(18-16-29)27(23-10-4-2-5-11-23)24-12-6-3-7-13-24/h2-7,10-13,22,25-27H,8-9,14-21H2,1H3. The summed E-state index contributed by atoms with van der Waals surface area (Å²) in [5.41, 5.74) is 2.74. The third-order valence-corrected chi connectivity index (χ3v) is 7.70. The second-order valence-electron chi connectivity index (χ2n) is 10.2. The van der Waals surface area contributed by atoms with Crippen LogP contribution in [0.1, 0.15) is 43.4 Å². The zero-order chi connectivity index (χ0) is 21.9. The van der Waals surface area contributed by atoms with Gasteiger partial charge in [-0.1, -0.05) is 67.6 Å².